The molecule has 1 amide bonds. The normalized spacial score (nSPS) is 24.1. The van der Waals surface area contributed by atoms with E-state index in [2.05, 4.69) is 17.4 Å². The lowest BCUT2D eigenvalue weighted by molar-refractivity contribution is -0.139. The highest BCUT2D eigenvalue weighted by Gasteiger charge is 2.38. The molecular formula is C19H23N3O2. The molecule has 3 rings (SSSR count). The van der Waals surface area contributed by atoms with E-state index in [1.54, 1.807) is 14.2 Å². The molecule has 5 heteroatoms. The number of nitrogens with two attached hydrogens (primary N) is 1. The largest absolute Gasteiger partial charge is 0.497 e. The van der Waals surface area contributed by atoms with Crippen molar-refractivity contribution in [2.45, 2.75) is 25.2 Å². The lowest BCUT2D eigenvalue weighted by atomic mass is 9.85. The third-order valence-electron chi connectivity index (χ3n) is 4.68. The van der Waals surface area contributed by atoms with E-state index >= 15 is 0 Å². The van der Waals surface area contributed by atoms with Crippen LogP contribution in [0, 0.1) is 0 Å². The van der Waals surface area contributed by atoms with Gasteiger partial charge in [-0.05, 0) is 41.8 Å². The summed E-state index contributed by atoms with van der Waals surface area (Å²) in [6.45, 7) is 2.02. The molecule has 0 aromatic heterocycles. The summed E-state index contributed by atoms with van der Waals surface area (Å²) >= 11 is 0. The Kier molecular flexibility index (Phi) is 4.30. The third kappa shape index (κ3) is 3.00. The zero-order valence-corrected chi connectivity index (χ0v) is 14.2. The van der Waals surface area contributed by atoms with Crippen molar-refractivity contribution < 1.29 is 9.53 Å². The predicted molar refractivity (Wildman–Crippen MR) is 94.3 cm³/mol. The molecule has 1 unspecified atom stereocenters. The fraction of sp³-hybridized carbons (Fsp3) is 0.316. The number of hydrogen-bond acceptors (Lipinski definition) is 4. The van der Waals surface area contributed by atoms with Crippen molar-refractivity contribution in [2.24, 2.45) is 5.73 Å². The third-order valence-corrected chi connectivity index (χ3v) is 4.68. The van der Waals surface area contributed by atoms with E-state index < -0.39 is 11.8 Å². The molecule has 2 aromatic carbocycles. The second-order valence-electron chi connectivity index (χ2n) is 6.42. The maximum atomic E-state index is 12.2. The molecule has 24 heavy (non-hydrogen) atoms. The number of ether oxygens (including phenoxy) is 1. The molecule has 0 aliphatic carbocycles. The molecule has 1 heterocycles. The molecular weight excluding hydrogens is 302 g/mol. The maximum absolute atomic E-state index is 12.2. The van der Waals surface area contributed by atoms with Gasteiger partial charge in [0.15, 0.2) is 0 Å². The summed E-state index contributed by atoms with van der Waals surface area (Å²) in [5.74, 6) is 0.856. The minimum atomic E-state index is -0.489. The summed E-state index contributed by atoms with van der Waals surface area (Å²) in [6.07, 6.45) is -0.115. The van der Waals surface area contributed by atoms with Crippen molar-refractivity contribution in [2.75, 3.05) is 14.2 Å². The number of amides is 1. The van der Waals surface area contributed by atoms with Crippen LogP contribution in [0.2, 0.25) is 0 Å². The zero-order valence-electron chi connectivity index (χ0n) is 14.2. The predicted octanol–water partition coefficient (Wildman–Crippen LogP) is 2.27. The Hall–Kier alpha value is -2.37. The Morgan fingerprint density at radius 1 is 1.21 bits per heavy atom. The van der Waals surface area contributed by atoms with Crippen LogP contribution in [0.3, 0.4) is 0 Å². The summed E-state index contributed by atoms with van der Waals surface area (Å²) < 4.78 is 5.30. The summed E-state index contributed by atoms with van der Waals surface area (Å²) in [7, 11) is 3.37. The number of nitrogens with zero attached hydrogens (tertiary/aromatic N) is 1. The van der Waals surface area contributed by atoms with E-state index in [1.807, 2.05) is 43.3 Å². The molecule has 5 nitrogen and oxygen atoms in total. The Labute approximate surface area is 142 Å². The van der Waals surface area contributed by atoms with Gasteiger partial charge < -0.3 is 9.64 Å². The van der Waals surface area contributed by atoms with Gasteiger partial charge in [0.1, 0.15) is 12.0 Å². The molecule has 0 saturated carbocycles. The molecule has 1 saturated heterocycles. The standard InChI is InChI=1S/C19H23N3O2/c1-19(12-17(23)22(2)18(20)21-19)15-8-4-6-13(10-15)14-7-5-9-16(11-14)24-3/h4-11,18,21H,12,20H2,1-3H3/t18?,19-/m0/s1. The second-order valence-corrected chi connectivity index (χ2v) is 6.42. The Morgan fingerprint density at radius 3 is 2.54 bits per heavy atom. The van der Waals surface area contributed by atoms with Crippen molar-refractivity contribution in [1.29, 1.82) is 0 Å². The van der Waals surface area contributed by atoms with Crippen LogP contribution < -0.4 is 15.8 Å². The maximum Gasteiger partial charge on any atom is 0.226 e. The Bertz CT molecular complexity index is 762. The first kappa shape index (κ1) is 16.5. The monoisotopic (exact) mass is 325 g/mol. The first-order chi connectivity index (χ1) is 11.4. The van der Waals surface area contributed by atoms with Crippen molar-refractivity contribution in [3.63, 3.8) is 0 Å². The van der Waals surface area contributed by atoms with Gasteiger partial charge in [0.05, 0.1) is 12.6 Å². The smallest absolute Gasteiger partial charge is 0.226 e. The quantitative estimate of drug-likeness (QED) is 0.908. The van der Waals surface area contributed by atoms with E-state index in [4.69, 9.17) is 10.5 Å². The van der Waals surface area contributed by atoms with Crippen LogP contribution in [-0.2, 0) is 10.3 Å². The van der Waals surface area contributed by atoms with Crippen LogP contribution in [0.1, 0.15) is 18.9 Å². The number of nitrogens with one attached hydrogen (secondary N) is 1. The lowest BCUT2D eigenvalue weighted by Crippen LogP contribution is -2.64. The Balaban J connectivity index is 1.97. The average molecular weight is 325 g/mol. The topological polar surface area (TPSA) is 67.6 Å². The van der Waals surface area contributed by atoms with Crippen LogP contribution in [0.15, 0.2) is 48.5 Å². The van der Waals surface area contributed by atoms with Crippen LogP contribution in [0.4, 0.5) is 0 Å². The van der Waals surface area contributed by atoms with E-state index in [0.717, 1.165) is 22.4 Å². The number of rotatable bonds is 3. The van der Waals surface area contributed by atoms with Crippen molar-refractivity contribution in [1.82, 2.24) is 10.2 Å². The lowest BCUT2D eigenvalue weighted by Gasteiger charge is -2.43. The molecule has 1 aliphatic rings. The van der Waals surface area contributed by atoms with Gasteiger partial charge in [-0.3, -0.25) is 15.8 Å². The summed E-state index contributed by atoms with van der Waals surface area (Å²) in [4.78, 5) is 13.8. The van der Waals surface area contributed by atoms with E-state index in [0.29, 0.717) is 6.42 Å². The molecule has 0 spiro atoms. The van der Waals surface area contributed by atoms with Crippen LogP contribution in [0.5, 0.6) is 5.75 Å². The van der Waals surface area contributed by atoms with E-state index in [-0.39, 0.29) is 5.91 Å². The molecule has 1 fully saturated rings. The SMILES string of the molecule is COc1cccc(-c2cccc([C@]3(C)CC(=O)N(C)C(N)N3)c2)c1. The van der Waals surface area contributed by atoms with Gasteiger partial charge in [-0.15, -0.1) is 0 Å². The van der Waals surface area contributed by atoms with Crippen molar-refractivity contribution in [3.8, 4) is 16.9 Å². The molecule has 126 valence electrons. The number of carbonyl (C=O) groups excluding carboxylic acids is 1. The van der Waals surface area contributed by atoms with Crippen molar-refractivity contribution >= 4 is 5.91 Å². The number of methoxy groups -OCH3 is 1. The first-order valence-electron chi connectivity index (χ1n) is 7.97. The highest BCUT2D eigenvalue weighted by atomic mass is 16.5. The van der Waals surface area contributed by atoms with E-state index in [1.165, 1.54) is 4.90 Å². The van der Waals surface area contributed by atoms with Crippen LogP contribution in [-0.4, -0.2) is 31.3 Å². The minimum Gasteiger partial charge on any atom is -0.497 e. The van der Waals surface area contributed by atoms with Gasteiger partial charge in [-0.1, -0.05) is 30.3 Å². The fourth-order valence-corrected chi connectivity index (χ4v) is 3.09. The number of carbonyl (C=O) groups is 1. The first-order valence-corrected chi connectivity index (χ1v) is 7.97. The average Bonchev–Trinajstić information content (AvgIpc) is 2.60. The van der Waals surface area contributed by atoms with Crippen LogP contribution in [0.25, 0.3) is 11.1 Å². The molecule has 2 atom stereocenters. The number of benzene rings is 2. The highest BCUT2D eigenvalue weighted by molar-refractivity contribution is 5.79. The van der Waals surface area contributed by atoms with Crippen molar-refractivity contribution in [3.05, 3.63) is 54.1 Å². The molecule has 3 N–H and O–H groups in total. The second kappa shape index (κ2) is 6.26. The molecule has 2 aromatic rings. The zero-order chi connectivity index (χ0) is 17.3. The highest BCUT2D eigenvalue weighted by Crippen LogP contribution is 2.32. The van der Waals surface area contributed by atoms with Gasteiger partial charge in [0, 0.05) is 13.5 Å². The molecule has 0 radical (unpaired) electrons. The molecule has 1 aliphatic heterocycles. The summed E-state index contributed by atoms with van der Waals surface area (Å²) in [6, 6.07) is 16.1. The molecule has 0 bridgehead atoms. The fourth-order valence-electron chi connectivity index (χ4n) is 3.09. The van der Waals surface area contributed by atoms with Gasteiger partial charge in [0.25, 0.3) is 0 Å². The minimum absolute atomic E-state index is 0.0375. The van der Waals surface area contributed by atoms with Gasteiger partial charge >= 0.3 is 0 Å². The summed E-state index contributed by atoms with van der Waals surface area (Å²) in [5.41, 5.74) is 8.75. The number of hydrogen-bond donors (Lipinski definition) is 2. The Morgan fingerprint density at radius 2 is 1.88 bits per heavy atom. The van der Waals surface area contributed by atoms with Gasteiger partial charge in [-0.25, -0.2) is 0 Å². The van der Waals surface area contributed by atoms with Gasteiger partial charge in [-0.2, -0.15) is 0 Å². The van der Waals surface area contributed by atoms with Gasteiger partial charge in [0.2, 0.25) is 5.91 Å². The van der Waals surface area contributed by atoms with Crippen LogP contribution >= 0.6 is 0 Å². The summed E-state index contributed by atoms with van der Waals surface area (Å²) in [5, 5.41) is 3.35. The van der Waals surface area contributed by atoms with E-state index in [9.17, 15) is 4.79 Å².